The van der Waals surface area contributed by atoms with E-state index in [1.165, 1.54) is 39.5 Å². The number of benzene rings is 2. The first-order valence-electron chi connectivity index (χ1n) is 8.49. The largest absolute Gasteiger partial charge is 0.493 e. The molecule has 2 rings (SSSR count). The summed E-state index contributed by atoms with van der Waals surface area (Å²) in [5.41, 5.74) is 0.374. The SMILES string of the molecule is COCCNC(=O)CN(c1ccccc1)S(=O)(=O)c1ccc(OC)c(OC)c1. The quantitative estimate of drug-likeness (QED) is 0.601. The number of nitrogens with zero attached hydrogens (tertiary/aromatic N) is 1. The van der Waals surface area contributed by atoms with Crippen molar-refractivity contribution in [1.29, 1.82) is 0 Å². The molecule has 0 aliphatic carbocycles. The van der Waals surface area contributed by atoms with Crippen molar-refractivity contribution in [3.8, 4) is 11.5 Å². The summed E-state index contributed by atoms with van der Waals surface area (Å²) in [5.74, 6) is 0.246. The van der Waals surface area contributed by atoms with E-state index >= 15 is 0 Å². The molecule has 0 bridgehead atoms. The molecule has 9 heteroatoms. The standard InChI is InChI=1S/C19H24N2O6S/c1-25-12-11-20-19(22)14-21(15-7-5-4-6-8-15)28(23,24)16-9-10-17(26-2)18(13-16)27-3/h4-10,13H,11-12,14H2,1-3H3,(H,20,22). The number of nitrogens with one attached hydrogen (secondary N) is 1. The van der Waals surface area contributed by atoms with Crippen molar-refractivity contribution in [3.63, 3.8) is 0 Å². The first-order chi connectivity index (χ1) is 13.4. The van der Waals surface area contributed by atoms with Gasteiger partial charge in [0, 0.05) is 19.7 Å². The van der Waals surface area contributed by atoms with Gasteiger partial charge in [-0.05, 0) is 24.3 Å². The second kappa shape index (κ2) is 9.95. The van der Waals surface area contributed by atoms with Gasteiger partial charge in [0.1, 0.15) is 6.54 Å². The summed E-state index contributed by atoms with van der Waals surface area (Å²) in [6.07, 6.45) is 0. The molecule has 0 aliphatic rings. The van der Waals surface area contributed by atoms with E-state index in [4.69, 9.17) is 14.2 Å². The Labute approximate surface area is 165 Å². The normalized spacial score (nSPS) is 11.0. The third-order valence-electron chi connectivity index (χ3n) is 3.90. The lowest BCUT2D eigenvalue weighted by molar-refractivity contribution is -0.119. The average molecular weight is 408 g/mol. The van der Waals surface area contributed by atoms with E-state index < -0.39 is 15.9 Å². The van der Waals surface area contributed by atoms with E-state index in [2.05, 4.69) is 5.32 Å². The van der Waals surface area contributed by atoms with Crippen molar-refractivity contribution >= 4 is 21.6 Å². The average Bonchev–Trinajstić information content (AvgIpc) is 2.72. The lowest BCUT2D eigenvalue weighted by Gasteiger charge is -2.24. The van der Waals surface area contributed by atoms with Gasteiger partial charge < -0.3 is 19.5 Å². The molecule has 8 nitrogen and oxygen atoms in total. The van der Waals surface area contributed by atoms with Crippen LogP contribution in [0.2, 0.25) is 0 Å². The number of sulfonamides is 1. The zero-order valence-electron chi connectivity index (χ0n) is 16.0. The molecule has 0 aromatic heterocycles. The monoisotopic (exact) mass is 408 g/mol. The van der Waals surface area contributed by atoms with Crippen molar-refractivity contribution in [3.05, 3.63) is 48.5 Å². The van der Waals surface area contributed by atoms with Crippen LogP contribution < -0.4 is 19.1 Å². The molecule has 0 unspecified atom stereocenters. The third kappa shape index (κ3) is 5.14. The van der Waals surface area contributed by atoms with Gasteiger partial charge >= 0.3 is 0 Å². The molecule has 152 valence electrons. The minimum absolute atomic E-state index is 0.0151. The molecule has 0 atom stereocenters. The molecule has 2 aromatic rings. The predicted molar refractivity (Wildman–Crippen MR) is 105 cm³/mol. The van der Waals surface area contributed by atoms with E-state index in [1.54, 1.807) is 30.3 Å². The summed E-state index contributed by atoms with van der Waals surface area (Å²) in [5, 5.41) is 2.63. The van der Waals surface area contributed by atoms with Gasteiger partial charge in [0.2, 0.25) is 5.91 Å². The number of hydrogen-bond donors (Lipinski definition) is 1. The Morgan fingerprint density at radius 2 is 1.68 bits per heavy atom. The molecule has 1 N–H and O–H groups in total. The van der Waals surface area contributed by atoms with E-state index in [0.717, 1.165) is 4.31 Å². The topological polar surface area (TPSA) is 94.2 Å². The Morgan fingerprint density at radius 3 is 2.29 bits per heavy atom. The molecule has 0 saturated carbocycles. The number of hydrogen-bond acceptors (Lipinski definition) is 6. The minimum atomic E-state index is -4.03. The second-order valence-electron chi connectivity index (χ2n) is 5.71. The molecule has 0 spiro atoms. The second-order valence-corrected chi connectivity index (χ2v) is 7.57. The van der Waals surface area contributed by atoms with E-state index in [0.29, 0.717) is 18.0 Å². The number of carbonyl (C=O) groups is 1. The molecular formula is C19H24N2O6S. The van der Waals surface area contributed by atoms with Gasteiger partial charge in [-0.1, -0.05) is 18.2 Å². The highest BCUT2D eigenvalue weighted by Gasteiger charge is 2.28. The number of methoxy groups -OCH3 is 3. The van der Waals surface area contributed by atoms with Crippen molar-refractivity contribution in [2.75, 3.05) is 45.3 Å². The lowest BCUT2D eigenvalue weighted by atomic mass is 10.3. The molecule has 0 heterocycles. The summed E-state index contributed by atoms with van der Waals surface area (Å²) in [6.45, 7) is 0.248. The van der Waals surface area contributed by atoms with Crippen molar-refractivity contribution < 1.29 is 27.4 Å². The van der Waals surface area contributed by atoms with Crippen LogP contribution in [-0.4, -0.2) is 55.4 Å². The maximum atomic E-state index is 13.3. The summed E-state index contributed by atoms with van der Waals surface area (Å²) in [4.78, 5) is 12.3. The smallest absolute Gasteiger partial charge is 0.264 e. The zero-order chi connectivity index (χ0) is 20.6. The maximum absolute atomic E-state index is 13.3. The molecule has 0 fully saturated rings. The number of para-hydroxylation sites is 1. The fourth-order valence-electron chi connectivity index (χ4n) is 2.49. The van der Waals surface area contributed by atoms with Crippen LogP contribution in [0.3, 0.4) is 0 Å². The summed E-state index contributed by atoms with van der Waals surface area (Å²) >= 11 is 0. The zero-order valence-corrected chi connectivity index (χ0v) is 16.9. The lowest BCUT2D eigenvalue weighted by Crippen LogP contribution is -2.41. The van der Waals surface area contributed by atoms with E-state index in [1.807, 2.05) is 0 Å². The Balaban J connectivity index is 2.40. The van der Waals surface area contributed by atoms with Gasteiger partial charge in [-0.2, -0.15) is 0 Å². The van der Waals surface area contributed by atoms with E-state index in [-0.39, 0.29) is 23.7 Å². The van der Waals surface area contributed by atoms with Crippen LogP contribution in [0.15, 0.2) is 53.4 Å². The van der Waals surface area contributed by atoms with Gasteiger partial charge in [0.05, 0.1) is 31.4 Å². The highest BCUT2D eigenvalue weighted by molar-refractivity contribution is 7.92. The van der Waals surface area contributed by atoms with Gasteiger partial charge in [0.15, 0.2) is 11.5 Å². The fraction of sp³-hybridized carbons (Fsp3) is 0.316. The summed E-state index contributed by atoms with van der Waals surface area (Å²) in [6, 6.07) is 12.7. The highest BCUT2D eigenvalue weighted by Crippen LogP contribution is 2.32. The molecule has 0 radical (unpaired) electrons. The summed E-state index contributed by atoms with van der Waals surface area (Å²) in [7, 11) is 0.374. The third-order valence-corrected chi connectivity index (χ3v) is 5.67. The van der Waals surface area contributed by atoms with Crippen molar-refractivity contribution in [2.24, 2.45) is 0 Å². The number of rotatable bonds is 10. The Kier molecular flexibility index (Phi) is 7.65. The Bertz CT molecular complexity index is 887. The molecule has 1 amide bonds. The van der Waals surface area contributed by atoms with Crippen LogP contribution in [-0.2, 0) is 19.6 Å². The van der Waals surface area contributed by atoms with Crippen LogP contribution in [0.5, 0.6) is 11.5 Å². The maximum Gasteiger partial charge on any atom is 0.264 e. The van der Waals surface area contributed by atoms with Gasteiger partial charge in [-0.25, -0.2) is 8.42 Å². The minimum Gasteiger partial charge on any atom is -0.493 e. The Morgan fingerprint density at radius 1 is 1.00 bits per heavy atom. The van der Waals surface area contributed by atoms with Crippen molar-refractivity contribution in [2.45, 2.75) is 4.90 Å². The number of anilines is 1. The first-order valence-corrected chi connectivity index (χ1v) is 9.93. The van der Waals surface area contributed by atoms with Crippen LogP contribution in [0.25, 0.3) is 0 Å². The van der Waals surface area contributed by atoms with Crippen LogP contribution in [0.1, 0.15) is 0 Å². The molecular weight excluding hydrogens is 384 g/mol. The molecule has 28 heavy (non-hydrogen) atoms. The number of amides is 1. The van der Waals surface area contributed by atoms with Gasteiger partial charge in [-0.15, -0.1) is 0 Å². The van der Waals surface area contributed by atoms with E-state index in [9.17, 15) is 13.2 Å². The fourth-order valence-corrected chi connectivity index (χ4v) is 3.93. The molecule has 0 aliphatic heterocycles. The molecule has 0 saturated heterocycles. The molecule has 2 aromatic carbocycles. The van der Waals surface area contributed by atoms with Crippen LogP contribution in [0.4, 0.5) is 5.69 Å². The first kappa shape index (κ1) is 21.5. The van der Waals surface area contributed by atoms with Crippen LogP contribution >= 0.6 is 0 Å². The van der Waals surface area contributed by atoms with Crippen LogP contribution in [0, 0.1) is 0 Å². The van der Waals surface area contributed by atoms with Gasteiger partial charge in [0.25, 0.3) is 10.0 Å². The number of ether oxygens (including phenoxy) is 3. The Hall–Kier alpha value is -2.78. The van der Waals surface area contributed by atoms with Crippen molar-refractivity contribution in [1.82, 2.24) is 5.32 Å². The highest BCUT2D eigenvalue weighted by atomic mass is 32.2. The summed E-state index contributed by atoms with van der Waals surface area (Å²) < 4.78 is 42.9. The van der Waals surface area contributed by atoms with Gasteiger partial charge in [-0.3, -0.25) is 9.10 Å². The number of carbonyl (C=O) groups excluding carboxylic acids is 1. The predicted octanol–water partition coefficient (Wildman–Crippen LogP) is 1.66.